The summed E-state index contributed by atoms with van der Waals surface area (Å²) in [5.74, 6) is -0.535. The third-order valence-electron chi connectivity index (χ3n) is 1.49. The minimum Gasteiger partial charge on any atom is -0.464 e. The second kappa shape index (κ2) is 5.13. The van der Waals surface area contributed by atoms with Crippen molar-refractivity contribution in [3.63, 3.8) is 0 Å². The molecule has 0 aliphatic carbocycles. The van der Waals surface area contributed by atoms with Crippen LogP contribution in [0.5, 0.6) is 0 Å². The SMILES string of the molecule is COC(=O)c1ncc(NC(=O)OC(C)(C)C)s1. The fourth-order valence-electron chi connectivity index (χ4n) is 0.918. The van der Waals surface area contributed by atoms with Crippen LogP contribution in [0.3, 0.4) is 0 Å². The molecular weight excluding hydrogens is 244 g/mol. The molecule has 1 rings (SSSR count). The maximum Gasteiger partial charge on any atom is 0.412 e. The van der Waals surface area contributed by atoms with Crippen molar-refractivity contribution in [3.8, 4) is 0 Å². The van der Waals surface area contributed by atoms with E-state index < -0.39 is 17.7 Å². The zero-order valence-corrected chi connectivity index (χ0v) is 10.9. The summed E-state index contributed by atoms with van der Waals surface area (Å²) >= 11 is 1.02. The highest BCUT2D eigenvalue weighted by Gasteiger charge is 2.18. The largest absolute Gasteiger partial charge is 0.464 e. The van der Waals surface area contributed by atoms with Crippen LogP contribution < -0.4 is 5.32 Å². The third kappa shape index (κ3) is 4.39. The van der Waals surface area contributed by atoms with Gasteiger partial charge >= 0.3 is 12.1 Å². The second-order valence-electron chi connectivity index (χ2n) is 4.15. The monoisotopic (exact) mass is 258 g/mol. The zero-order valence-electron chi connectivity index (χ0n) is 10.1. The molecule has 0 aliphatic rings. The van der Waals surface area contributed by atoms with Gasteiger partial charge in [0.05, 0.1) is 13.3 Å². The first kappa shape index (κ1) is 13.4. The molecular formula is C10H14N2O4S. The number of nitrogens with one attached hydrogen (secondary N) is 1. The zero-order chi connectivity index (χ0) is 13.1. The van der Waals surface area contributed by atoms with Crippen molar-refractivity contribution in [2.45, 2.75) is 26.4 Å². The Kier molecular flexibility index (Phi) is 4.06. The molecule has 0 aliphatic heterocycles. The Balaban J connectivity index is 2.61. The molecule has 17 heavy (non-hydrogen) atoms. The molecule has 0 bridgehead atoms. The molecule has 0 saturated heterocycles. The molecule has 1 N–H and O–H groups in total. The maximum absolute atomic E-state index is 11.4. The van der Waals surface area contributed by atoms with Crippen molar-refractivity contribution < 1.29 is 19.1 Å². The maximum atomic E-state index is 11.4. The molecule has 6 nitrogen and oxygen atoms in total. The highest BCUT2D eigenvalue weighted by Crippen LogP contribution is 2.20. The van der Waals surface area contributed by atoms with Crippen molar-refractivity contribution >= 4 is 28.4 Å². The summed E-state index contributed by atoms with van der Waals surface area (Å²) in [7, 11) is 1.27. The molecule has 1 aromatic rings. The highest BCUT2D eigenvalue weighted by atomic mass is 32.1. The molecule has 7 heteroatoms. The minimum absolute atomic E-state index is 0.179. The van der Waals surface area contributed by atoms with E-state index in [0.29, 0.717) is 5.00 Å². The fraction of sp³-hybridized carbons (Fsp3) is 0.500. The molecule has 0 aromatic carbocycles. The first-order valence-corrected chi connectivity index (χ1v) is 5.67. The number of carbonyl (C=O) groups excluding carboxylic acids is 2. The highest BCUT2D eigenvalue weighted by molar-refractivity contribution is 7.17. The van der Waals surface area contributed by atoms with E-state index in [4.69, 9.17) is 4.74 Å². The predicted octanol–water partition coefficient (Wildman–Crippen LogP) is 2.28. The quantitative estimate of drug-likeness (QED) is 0.823. The molecule has 0 radical (unpaired) electrons. The van der Waals surface area contributed by atoms with Gasteiger partial charge in [0, 0.05) is 0 Å². The van der Waals surface area contributed by atoms with Gasteiger partial charge in [-0.25, -0.2) is 14.6 Å². The smallest absolute Gasteiger partial charge is 0.412 e. The molecule has 1 heterocycles. The average Bonchev–Trinajstić information content (AvgIpc) is 2.62. The van der Waals surface area contributed by atoms with E-state index in [-0.39, 0.29) is 5.01 Å². The lowest BCUT2D eigenvalue weighted by atomic mass is 10.2. The van der Waals surface area contributed by atoms with E-state index in [1.165, 1.54) is 13.3 Å². The molecule has 0 saturated carbocycles. The number of amides is 1. The van der Waals surface area contributed by atoms with E-state index in [1.54, 1.807) is 20.8 Å². The Morgan fingerprint density at radius 1 is 1.41 bits per heavy atom. The average molecular weight is 258 g/mol. The van der Waals surface area contributed by atoms with Crippen LogP contribution in [0.2, 0.25) is 0 Å². The number of hydrogen-bond acceptors (Lipinski definition) is 6. The second-order valence-corrected chi connectivity index (χ2v) is 5.18. The minimum atomic E-state index is -0.586. The predicted molar refractivity (Wildman–Crippen MR) is 63.3 cm³/mol. The van der Waals surface area contributed by atoms with E-state index >= 15 is 0 Å². The van der Waals surface area contributed by atoms with Gasteiger partial charge in [0.1, 0.15) is 10.6 Å². The standard InChI is InChI=1S/C10H14N2O4S/c1-10(2,3)16-9(14)12-6-5-11-7(17-6)8(13)15-4/h5H,1-4H3,(H,12,14). The number of carbonyl (C=O) groups is 2. The number of thiazole rings is 1. The molecule has 0 atom stereocenters. The Bertz CT molecular complexity index is 422. The first-order chi connectivity index (χ1) is 7.81. The van der Waals surface area contributed by atoms with Gasteiger partial charge in [-0.3, -0.25) is 5.32 Å². The van der Waals surface area contributed by atoms with Gasteiger partial charge < -0.3 is 9.47 Å². The van der Waals surface area contributed by atoms with Gasteiger partial charge in [-0.1, -0.05) is 11.3 Å². The topological polar surface area (TPSA) is 77.5 Å². The first-order valence-electron chi connectivity index (χ1n) is 4.86. The lowest BCUT2D eigenvalue weighted by molar-refractivity contribution is 0.0597. The molecule has 94 valence electrons. The summed E-state index contributed by atoms with van der Waals surface area (Å²) in [6.07, 6.45) is 0.790. The van der Waals surface area contributed by atoms with Gasteiger partial charge in [-0.05, 0) is 20.8 Å². The van der Waals surface area contributed by atoms with Crippen LogP contribution in [-0.4, -0.2) is 29.8 Å². The van der Waals surface area contributed by atoms with Crippen LogP contribution >= 0.6 is 11.3 Å². The fourth-order valence-corrected chi connectivity index (χ4v) is 1.64. The van der Waals surface area contributed by atoms with E-state index in [0.717, 1.165) is 11.3 Å². The van der Waals surface area contributed by atoms with Crippen LogP contribution in [0, 0.1) is 0 Å². The molecule has 0 unspecified atom stereocenters. The summed E-state index contributed by atoms with van der Waals surface area (Å²) in [6, 6.07) is 0. The van der Waals surface area contributed by atoms with Gasteiger partial charge in [0.2, 0.25) is 5.01 Å². The summed E-state index contributed by atoms with van der Waals surface area (Å²) in [5.41, 5.74) is -0.569. The summed E-state index contributed by atoms with van der Waals surface area (Å²) in [5, 5.41) is 3.09. The van der Waals surface area contributed by atoms with Crippen LogP contribution in [-0.2, 0) is 9.47 Å². The molecule has 0 spiro atoms. The van der Waals surface area contributed by atoms with Crippen LogP contribution in [0.1, 0.15) is 30.6 Å². The summed E-state index contributed by atoms with van der Waals surface area (Å²) in [4.78, 5) is 26.3. The molecule has 1 amide bonds. The molecule has 0 fully saturated rings. The lowest BCUT2D eigenvalue weighted by Crippen LogP contribution is -2.26. The van der Waals surface area contributed by atoms with E-state index in [1.807, 2.05) is 0 Å². The lowest BCUT2D eigenvalue weighted by Gasteiger charge is -2.19. The Hall–Kier alpha value is -1.63. The Morgan fingerprint density at radius 2 is 2.06 bits per heavy atom. The van der Waals surface area contributed by atoms with E-state index in [9.17, 15) is 9.59 Å². The van der Waals surface area contributed by atoms with Gasteiger partial charge in [0.15, 0.2) is 0 Å². The van der Waals surface area contributed by atoms with Gasteiger partial charge in [0.25, 0.3) is 0 Å². The third-order valence-corrected chi connectivity index (χ3v) is 2.38. The van der Waals surface area contributed by atoms with Crippen molar-refractivity contribution in [1.29, 1.82) is 0 Å². The summed E-state index contributed by atoms with van der Waals surface area (Å²) in [6.45, 7) is 5.29. The number of rotatable bonds is 2. The van der Waals surface area contributed by atoms with Crippen molar-refractivity contribution in [2.24, 2.45) is 0 Å². The Labute approximate surface area is 103 Å². The van der Waals surface area contributed by atoms with Gasteiger partial charge in [-0.15, -0.1) is 0 Å². The number of ether oxygens (including phenoxy) is 2. The van der Waals surface area contributed by atoms with E-state index in [2.05, 4.69) is 15.0 Å². The van der Waals surface area contributed by atoms with Crippen molar-refractivity contribution in [3.05, 3.63) is 11.2 Å². The van der Waals surface area contributed by atoms with Crippen LogP contribution in [0.15, 0.2) is 6.20 Å². The molecule has 1 aromatic heterocycles. The number of anilines is 1. The number of hydrogen-bond donors (Lipinski definition) is 1. The number of methoxy groups -OCH3 is 1. The van der Waals surface area contributed by atoms with Gasteiger partial charge in [-0.2, -0.15) is 0 Å². The van der Waals surface area contributed by atoms with Crippen molar-refractivity contribution in [2.75, 3.05) is 12.4 Å². The number of esters is 1. The normalized spacial score (nSPS) is 10.8. The number of nitrogens with zero attached hydrogens (tertiary/aromatic N) is 1. The number of aromatic nitrogens is 1. The van der Waals surface area contributed by atoms with Crippen LogP contribution in [0.4, 0.5) is 9.80 Å². The van der Waals surface area contributed by atoms with Crippen molar-refractivity contribution in [1.82, 2.24) is 4.98 Å². The Morgan fingerprint density at radius 3 is 2.59 bits per heavy atom. The summed E-state index contributed by atoms with van der Waals surface area (Å²) < 4.78 is 9.55. The van der Waals surface area contributed by atoms with Crippen LogP contribution in [0.25, 0.3) is 0 Å².